The molecule has 1 aliphatic heterocycles. The molecule has 0 aromatic heterocycles. The maximum absolute atomic E-state index is 14.0. The van der Waals surface area contributed by atoms with Gasteiger partial charge in [-0.2, -0.15) is 0 Å². The standard InChI is InChI=1S/C38H47N5O7/c1-38(2,3)50-37(49)42-32(23-27-16-18-29(44)19-17-27)36(48)43-20-10-15-28(43)24-33(45)40-31(22-26-13-8-5-9-14-26)35(47)41-30(34(39)46)21-25-11-6-4-7-12-25/h4-9,11-14,16-19,28,30-32,44H,10,15,20-24H2,1-3H3,(H2,39,46)(H,40,45)(H,41,47)(H,42,49)/t28-,30-,31-,32-/m0/s1. The molecule has 0 aliphatic carbocycles. The molecule has 266 valence electrons. The van der Waals surface area contributed by atoms with Gasteiger partial charge in [0.2, 0.25) is 23.6 Å². The number of ether oxygens (including phenoxy) is 1. The van der Waals surface area contributed by atoms with Crippen molar-refractivity contribution in [1.82, 2.24) is 20.9 Å². The summed E-state index contributed by atoms with van der Waals surface area (Å²) in [5, 5.41) is 18.0. The lowest BCUT2D eigenvalue weighted by Crippen LogP contribution is -2.55. The summed E-state index contributed by atoms with van der Waals surface area (Å²) in [5.41, 5.74) is 7.20. The summed E-state index contributed by atoms with van der Waals surface area (Å²) in [6, 6.07) is 21.2. The van der Waals surface area contributed by atoms with E-state index in [4.69, 9.17) is 10.5 Å². The number of carbonyl (C=O) groups excluding carboxylic acids is 5. The van der Waals surface area contributed by atoms with E-state index in [0.717, 1.165) is 11.1 Å². The maximum Gasteiger partial charge on any atom is 0.408 e. The van der Waals surface area contributed by atoms with Gasteiger partial charge in [0.25, 0.3) is 0 Å². The van der Waals surface area contributed by atoms with Gasteiger partial charge in [0.05, 0.1) is 0 Å². The van der Waals surface area contributed by atoms with Crippen LogP contribution in [0.15, 0.2) is 84.9 Å². The summed E-state index contributed by atoms with van der Waals surface area (Å²) >= 11 is 0. The molecule has 0 spiro atoms. The number of hydrogen-bond donors (Lipinski definition) is 5. The number of nitrogens with zero attached hydrogens (tertiary/aromatic N) is 1. The first-order valence-electron chi connectivity index (χ1n) is 16.8. The van der Waals surface area contributed by atoms with Crippen molar-refractivity contribution in [3.8, 4) is 5.75 Å². The number of nitrogens with one attached hydrogen (secondary N) is 3. The van der Waals surface area contributed by atoms with Crippen LogP contribution >= 0.6 is 0 Å². The molecule has 12 nitrogen and oxygen atoms in total. The van der Waals surface area contributed by atoms with Crippen LogP contribution in [0.3, 0.4) is 0 Å². The van der Waals surface area contributed by atoms with Crippen molar-refractivity contribution >= 4 is 29.7 Å². The number of carbonyl (C=O) groups is 5. The molecule has 12 heteroatoms. The molecule has 0 radical (unpaired) electrons. The molecule has 1 heterocycles. The number of likely N-dealkylation sites (tertiary alicyclic amines) is 1. The summed E-state index contributed by atoms with van der Waals surface area (Å²) in [5.74, 6) is -2.00. The van der Waals surface area contributed by atoms with E-state index in [1.54, 1.807) is 37.8 Å². The summed E-state index contributed by atoms with van der Waals surface area (Å²) in [6.07, 6.45) is 0.860. The largest absolute Gasteiger partial charge is 0.508 e. The third-order valence-electron chi connectivity index (χ3n) is 8.32. The molecule has 0 saturated carbocycles. The molecule has 6 N–H and O–H groups in total. The Hall–Kier alpha value is -5.39. The maximum atomic E-state index is 14.0. The van der Waals surface area contributed by atoms with Crippen LogP contribution in [0.4, 0.5) is 4.79 Å². The van der Waals surface area contributed by atoms with Gasteiger partial charge in [-0.05, 0) is 62.4 Å². The van der Waals surface area contributed by atoms with Crippen LogP contribution in [0.25, 0.3) is 0 Å². The van der Waals surface area contributed by atoms with E-state index in [0.29, 0.717) is 24.9 Å². The molecular formula is C38H47N5O7. The monoisotopic (exact) mass is 685 g/mol. The molecule has 3 aromatic carbocycles. The number of benzene rings is 3. The number of phenolic OH excluding ortho intramolecular Hbond substituents is 1. The number of alkyl carbamates (subject to hydrolysis) is 1. The Labute approximate surface area is 292 Å². The fourth-order valence-corrected chi connectivity index (χ4v) is 5.93. The van der Waals surface area contributed by atoms with Gasteiger partial charge in [0.1, 0.15) is 29.5 Å². The van der Waals surface area contributed by atoms with Gasteiger partial charge in [-0.15, -0.1) is 0 Å². The fourth-order valence-electron chi connectivity index (χ4n) is 5.93. The van der Waals surface area contributed by atoms with E-state index >= 15 is 0 Å². The molecule has 1 saturated heterocycles. The summed E-state index contributed by atoms with van der Waals surface area (Å²) in [4.78, 5) is 67.9. The quantitative estimate of drug-likeness (QED) is 0.173. The highest BCUT2D eigenvalue weighted by molar-refractivity contribution is 5.92. The zero-order valence-electron chi connectivity index (χ0n) is 28.8. The number of primary amides is 1. The Kier molecular flexibility index (Phi) is 13.0. The van der Waals surface area contributed by atoms with Crippen LogP contribution in [-0.2, 0) is 43.2 Å². The Morgan fingerprint density at radius 3 is 1.88 bits per heavy atom. The van der Waals surface area contributed by atoms with Crippen molar-refractivity contribution in [3.63, 3.8) is 0 Å². The molecule has 1 aliphatic rings. The average molecular weight is 686 g/mol. The van der Waals surface area contributed by atoms with Crippen molar-refractivity contribution in [3.05, 3.63) is 102 Å². The Bertz CT molecular complexity index is 1610. The van der Waals surface area contributed by atoms with Gasteiger partial charge in [-0.25, -0.2) is 4.79 Å². The topological polar surface area (TPSA) is 180 Å². The van der Waals surface area contributed by atoms with E-state index in [-0.39, 0.29) is 37.3 Å². The van der Waals surface area contributed by atoms with Gasteiger partial charge in [-0.1, -0.05) is 72.8 Å². The molecule has 5 amide bonds. The third-order valence-corrected chi connectivity index (χ3v) is 8.32. The fraction of sp³-hybridized carbons (Fsp3) is 0.395. The molecular weight excluding hydrogens is 638 g/mol. The van der Waals surface area contributed by atoms with E-state index in [1.807, 2.05) is 60.7 Å². The minimum Gasteiger partial charge on any atom is -0.508 e. The summed E-state index contributed by atoms with van der Waals surface area (Å²) in [7, 11) is 0. The van der Waals surface area contributed by atoms with Crippen LogP contribution in [0.5, 0.6) is 5.75 Å². The number of phenols is 1. The molecule has 4 atom stereocenters. The lowest BCUT2D eigenvalue weighted by Gasteiger charge is -2.30. The van der Waals surface area contributed by atoms with Crippen molar-refractivity contribution in [2.75, 3.05) is 6.54 Å². The second-order valence-electron chi connectivity index (χ2n) is 13.6. The molecule has 4 rings (SSSR count). The number of nitrogens with two attached hydrogens (primary N) is 1. The van der Waals surface area contributed by atoms with Gasteiger partial charge >= 0.3 is 6.09 Å². The average Bonchev–Trinajstić information content (AvgIpc) is 3.52. The zero-order chi connectivity index (χ0) is 36.3. The van der Waals surface area contributed by atoms with Gasteiger partial charge < -0.3 is 36.4 Å². The van der Waals surface area contributed by atoms with Gasteiger partial charge in [0.15, 0.2) is 0 Å². The third kappa shape index (κ3) is 11.6. The van der Waals surface area contributed by atoms with E-state index in [1.165, 1.54) is 12.1 Å². The van der Waals surface area contributed by atoms with E-state index < -0.39 is 53.6 Å². The number of aromatic hydroxyl groups is 1. The lowest BCUT2D eigenvalue weighted by molar-refractivity contribution is -0.136. The zero-order valence-corrected chi connectivity index (χ0v) is 28.8. The predicted molar refractivity (Wildman–Crippen MR) is 188 cm³/mol. The van der Waals surface area contributed by atoms with Gasteiger partial charge in [-0.3, -0.25) is 19.2 Å². The normalized spacial score (nSPS) is 16.1. The summed E-state index contributed by atoms with van der Waals surface area (Å²) < 4.78 is 5.43. The minimum atomic E-state index is -1.02. The van der Waals surface area contributed by atoms with Crippen molar-refractivity contribution in [2.45, 2.75) is 89.1 Å². The first-order valence-corrected chi connectivity index (χ1v) is 16.8. The molecule has 50 heavy (non-hydrogen) atoms. The first-order chi connectivity index (χ1) is 23.8. The second kappa shape index (κ2) is 17.3. The van der Waals surface area contributed by atoms with Crippen LogP contribution in [0.1, 0.15) is 56.7 Å². The van der Waals surface area contributed by atoms with Crippen LogP contribution in [0, 0.1) is 0 Å². The molecule has 0 bridgehead atoms. The van der Waals surface area contributed by atoms with Crippen LogP contribution in [-0.4, -0.2) is 76.0 Å². The van der Waals surface area contributed by atoms with Crippen molar-refractivity contribution in [1.29, 1.82) is 0 Å². The number of hydrogen-bond acceptors (Lipinski definition) is 7. The SMILES string of the molecule is CC(C)(C)OC(=O)N[C@@H](Cc1ccc(O)cc1)C(=O)N1CCC[C@H]1CC(=O)N[C@@H](Cc1ccccc1)C(=O)N[C@@H](Cc1ccccc1)C(N)=O. The predicted octanol–water partition coefficient (Wildman–Crippen LogP) is 3.15. The molecule has 1 fully saturated rings. The van der Waals surface area contributed by atoms with Gasteiger partial charge in [0, 0.05) is 38.3 Å². The smallest absolute Gasteiger partial charge is 0.408 e. The Morgan fingerprint density at radius 1 is 0.780 bits per heavy atom. The highest BCUT2D eigenvalue weighted by Crippen LogP contribution is 2.23. The number of amides is 5. The number of rotatable bonds is 14. The molecule has 3 aromatic rings. The Balaban J connectivity index is 1.47. The second-order valence-corrected chi connectivity index (χ2v) is 13.6. The van der Waals surface area contributed by atoms with Crippen molar-refractivity contribution < 1.29 is 33.8 Å². The first kappa shape index (κ1) is 37.4. The van der Waals surface area contributed by atoms with E-state index in [2.05, 4.69) is 16.0 Å². The van der Waals surface area contributed by atoms with Crippen LogP contribution in [0.2, 0.25) is 0 Å². The Morgan fingerprint density at radius 2 is 1.32 bits per heavy atom. The highest BCUT2D eigenvalue weighted by Gasteiger charge is 2.36. The lowest BCUT2D eigenvalue weighted by atomic mass is 10.0. The van der Waals surface area contributed by atoms with Crippen LogP contribution < -0.4 is 21.7 Å². The minimum absolute atomic E-state index is 0.0722. The molecule has 0 unspecified atom stereocenters. The highest BCUT2D eigenvalue weighted by atomic mass is 16.6. The summed E-state index contributed by atoms with van der Waals surface area (Å²) in [6.45, 7) is 5.55. The van der Waals surface area contributed by atoms with E-state index in [9.17, 15) is 29.1 Å². The van der Waals surface area contributed by atoms with Crippen molar-refractivity contribution in [2.24, 2.45) is 5.73 Å².